The molecule has 0 aromatic carbocycles. The lowest BCUT2D eigenvalue weighted by molar-refractivity contribution is 0.0861. The number of aliphatic hydroxyl groups is 2. The van der Waals surface area contributed by atoms with E-state index in [1.807, 2.05) is 0 Å². The van der Waals surface area contributed by atoms with Crippen molar-refractivity contribution in [2.45, 2.75) is 104 Å². The predicted molar refractivity (Wildman–Crippen MR) is 123 cm³/mol. The third kappa shape index (κ3) is 5.07. The molecule has 2 N–H and O–H groups in total. The van der Waals surface area contributed by atoms with Gasteiger partial charge in [-0.05, 0) is 78.8 Å². The molecule has 0 spiro atoms. The second-order valence-corrected chi connectivity index (χ2v) is 11.0. The Morgan fingerprint density at radius 1 is 1.14 bits per heavy atom. The van der Waals surface area contributed by atoms with Crippen molar-refractivity contribution in [3.05, 3.63) is 35.5 Å². The molecule has 0 aromatic heterocycles. The number of hydrogen-bond acceptors (Lipinski definition) is 2. The van der Waals surface area contributed by atoms with Crippen LogP contribution >= 0.6 is 0 Å². The summed E-state index contributed by atoms with van der Waals surface area (Å²) in [5, 5.41) is 20.2. The van der Waals surface area contributed by atoms with Crippen molar-refractivity contribution in [1.29, 1.82) is 0 Å². The van der Waals surface area contributed by atoms with E-state index in [-0.39, 0.29) is 0 Å². The molecule has 29 heavy (non-hydrogen) atoms. The summed E-state index contributed by atoms with van der Waals surface area (Å²) in [6.45, 7) is 13.8. The molecule has 3 aliphatic rings. The summed E-state index contributed by atoms with van der Waals surface area (Å²) < 4.78 is 0. The normalized spacial score (nSPS) is 39.3. The van der Waals surface area contributed by atoms with Gasteiger partial charge >= 0.3 is 0 Å². The van der Waals surface area contributed by atoms with E-state index in [0.717, 1.165) is 28.9 Å². The van der Waals surface area contributed by atoms with Crippen LogP contribution in [0.5, 0.6) is 0 Å². The van der Waals surface area contributed by atoms with E-state index in [0.29, 0.717) is 24.2 Å². The molecule has 6 atom stereocenters. The molecule has 0 amide bonds. The fraction of sp³-hybridized carbons (Fsp3) is 0.778. The zero-order valence-corrected chi connectivity index (χ0v) is 19.3. The molecule has 3 fully saturated rings. The standard InChI is InChI=1S/C27H44O2/c1-18(2)8-6-9-19(3)24-13-14-25-21(10-7-15-27(24,25)5)11-12-22-16-23(28)17-26(29)20(22)4/h11-12,18-19,23-26,28-29H,4,6-10,13-17H2,1-3,5H3/b21-11+,22-12?/t19-,23-,24-,25+,26-,27-/m1/s1. The third-order valence-electron chi connectivity index (χ3n) is 8.43. The maximum absolute atomic E-state index is 10.1. The molecule has 0 aromatic rings. The van der Waals surface area contributed by atoms with Crippen LogP contribution in [0.25, 0.3) is 0 Å². The van der Waals surface area contributed by atoms with Crippen LogP contribution in [0.15, 0.2) is 35.5 Å². The molecular formula is C27H44O2. The molecule has 0 radical (unpaired) electrons. The van der Waals surface area contributed by atoms with E-state index < -0.39 is 12.2 Å². The Morgan fingerprint density at radius 3 is 2.62 bits per heavy atom. The Morgan fingerprint density at radius 2 is 1.90 bits per heavy atom. The van der Waals surface area contributed by atoms with Gasteiger partial charge < -0.3 is 10.2 Å². The van der Waals surface area contributed by atoms with Crippen molar-refractivity contribution < 1.29 is 10.2 Å². The highest BCUT2D eigenvalue weighted by Crippen LogP contribution is 2.59. The smallest absolute Gasteiger partial charge is 0.0811 e. The van der Waals surface area contributed by atoms with Crippen LogP contribution in [-0.2, 0) is 0 Å². The van der Waals surface area contributed by atoms with Gasteiger partial charge in [0.2, 0.25) is 0 Å². The van der Waals surface area contributed by atoms with Crippen molar-refractivity contribution in [3.63, 3.8) is 0 Å². The SMILES string of the molecule is C=C1C(=C/C=C2\CCC[C@]3(C)[C@@H]([C@H](C)CCCC(C)C)CC[C@@H]23)C[C@@H](O)C[C@H]1O. The van der Waals surface area contributed by atoms with Crippen LogP contribution in [0, 0.1) is 29.1 Å². The molecule has 0 aliphatic heterocycles. The van der Waals surface area contributed by atoms with Gasteiger partial charge in [0, 0.05) is 6.42 Å². The molecule has 2 heteroatoms. The van der Waals surface area contributed by atoms with E-state index >= 15 is 0 Å². The second kappa shape index (κ2) is 9.52. The van der Waals surface area contributed by atoms with E-state index in [4.69, 9.17) is 0 Å². The highest BCUT2D eigenvalue weighted by Gasteiger charge is 2.50. The second-order valence-electron chi connectivity index (χ2n) is 11.0. The van der Waals surface area contributed by atoms with Gasteiger partial charge in [-0.3, -0.25) is 0 Å². The molecule has 0 saturated heterocycles. The van der Waals surface area contributed by atoms with E-state index in [1.165, 1.54) is 51.4 Å². The average Bonchev–Trinajstić information content (AvgIpc) is 3.00. The largest absolute Gasteiger partial charge is 0.393 e. The van der Waals surface area contributed by atoms with Gasteiger partial charge in [0.1, 0.15) is 0 Å². The molecule has 3 rings (SSSR count). The summed E-state index contributed by atoms with van der Waals surface area (Å²) in [7, 11) is 0. The van der Waals surface area contributed by atoms with Gasteiger partial charge in [0.15, 0.2) is 0 Å². The van der Waals surface area contributed by atoms with Crippen molar-refractivity contribution in [1.82, 2.24) is 0 Å². The minimum Gasteiger partial charge on any atom is -0.393 e. The Bertz CT molecular complexity index is 643. The first-order chi connectivity index (χ1) is 13.7. The summed E-state index contributed by atoms with van der Waals surface area (Å²) in [6, 6.07) is 0. The fourth-order valence-electron chi connectivity index (χ4n) is 6.73. The molecule has 3 saturated carbocycles. The first-order valence-corrected chi connectivity index (χ1v) is 12.2. The Hall–Kier alpha value is -0.860. The van der Waals surface area contributed by atoms with Crippen molar-refractivity contribution in [3.8, 4) is 0 Å². The lowest BCUT2D eigenvalue weighted by atomic mass is 9.60. The van der Waals surface area contributed by atoms with Gasteiger partial charge in [-0.1, -0.05) is 71.3 Å². The first kappa shape index (κ1) is 22.8. The van der Waals surface area contributed by atoms with Gasteiger partial charge in [-0.15, -0.1) is 0 Å². The number of aliphatic hydroxyl groups excluding tert-OH is 2. The molecule has 2 nitrogen and oxygen atoms in total. The van der Waals surface area contributed by atoms with Gasteiger partial charge in [0.25, 0.3) is 0 Å². The van der Waals surface area contributed by atoms with Crippen molar-refractivity contribution in [2.75, 3.05) is 0 Å². The monoisotopic (exact) mass is 400 g/mol. The first-order valence-electron chi connectivity index (χ1n) is 12.2. The highest BCUT2D eigenvalue weighted by atomic mass is 16.3. The van der Waals surface area contributed by atoms with Crippen LogP contribution in [0.2, 0.25) is 0 Å². The quantitative estimate of drug-likeness (QED) is 0.528. The predicted octanol–water partition coefficient (Wildman–Crippen LogP) is 6.59. The maximum Gasteiger partial charge on any atom is 0.0811 e. The van der Waals surface area contributed by atoms with Crippen LogP contribution in [0.4, 0.5) is 0 Å². The third-order valence-corrected chi connectivity index (χ3v) is 8.43. The number of rotatable bonds is 6. The van der Waals surface area contributed by atoms with Gasteiger partial charge in [-0.25, -0.2) is 0 Å². The zero-order chi connectivity index (χ0) is 21.2. The molecule has 0 heterocycles. The summed E-state index contributed by atoms with van der Waals surface area (Å²) in [4.78, 5) is 0. The Balaban J connectivity index is 1.71. The van der Waals surface area contributed by atoms with Crippen LogP contribution in [0.1, 0.15) is 91.9 Å². The number of allylic oxidation sites excluding steroid dienone is 3. The topological polar surface area (TPSA) is 40.5 Å². The summed E-state index contributed by atoms with van der Waals surface area (Å²) >= 11 is 0. The van der Waals surface area contributed by atoms with E-state index in [9.17, 15) is 10.2 Å². The summed E-state index contributed by atoms with van der Waals surface area (Å²) in [6.07, 6.45) is 15.2. The Labute approximate surface area is 179 Å². The molecule has 164 valence electrons. The number of hydrogen-bond donors (Lipinski definition) is 2. The lowest BCUT2D eigenvalue weighted by Crippen LogP contribution is -2.36. The minimum atomic E-state index is -0.595. The highest BCUT2D eigenvalue weighted by molar-refractivity contribution is 5.38. The Kier molecular flexibility index (Phi) is 7.49. The minimum absolute atomic E-state index is 0.420. The number of fused-ring (bicyclic) bond motifs is 1. The zero-order valence-electron chi connectivity index (χ0n) is 19.3. The van der Waals surface area contributed by atoms with E-state index in [1.54, 1.807) is 5.57 Å². The van der Waals surface area contributed by atoms with Crippen LogP contribution in [0.3, 0.4) is 0 Å². The average molecular weight is 401 g/mol. The molecule has 3 aliphatic carbocycles. The summed E-state index contributed by atoms with van der Waals surface area (Å²) in [5.41, 5.74) is 3.88. The molecule has 0 unspecified atom stereocenters. The molecular weight excluding hydrogens is 356 g/mol. The fourth-order valence-corrected chi connectivity index (χ4v) is 6.73. The van der Waals surface area contributed by atoms with Gasteiger partial charge in [0.05, 0.1) is 12.2 Å². The van der Waals surface area contributed by atoms with Gasteiger partial charge in [-0.2, -0.15) is 0 Å². The van der Waals surface area contributed by atoms with E-state index in [2.05, 4.69) is 46.4 Å². The van der Waals surface area contributed by atoms with Crippen LogP contribution in [-0.4, -0.2) is 22.4 Å². The molecule has 0 bridgehead atoms. The van der Waals surface area contributed by atoms with Crippen molar-refractivity contribution >= 4 is 0 Å². The lowest BCUT2D eigenvalue weighted by Gasteiger charge is -2.44. The van der Waals surface area contributed by atoms with Crippen molar-refractivity contribution in [2.24, 2.45) is 29.1 Å². The maximum atomic E-state index is 10.1. The summed E-state index contributed by atoms with van der Waals surface area (Å²) in [5.74, 6) is 3.20. The van der Waals surface area contributed by atoms with Crippen LogP contribution < -0.4 is 0 Å².